The van der Waals surface area contributed by atoms with Gasteiger partial charge in [0.25, 0.3) is 0 Å². The van der Waals surface area contributed by atoms with Crippen molar-refractivity contribution in [2.24, 2.45) is 0 Å². The second kappa shape index (κ2) is 12.5. The Kier molecular flexibility index (Phi) is 7.18. The fourth-order valence-corrected chi connectivity index (χ4v) is 8.02. The third-order valence-corrected chi connectivity index (χ3v) is 10.4. The summed E-state index contributed by atoms with van der Waals surface area (Å²) in [5, 5.41) is 12.3. The summed E-state index contributed by atoms with van der Waals surface area (Å²) >= 11 is 0. The first kappa shape index (κ1) is 30.0. The van der Waals surface area contributed by atoms with Crippen LogP contribution in [0.4, 0.5) is 34.1 Å². The average Bonchev–Trinajstić information content (AvgIpc) is 3.22. The van der Waals surface area contributed by atoms with Crippen molar-refractivity contribution in [2.75, 3.05) is 9.80 Å². The Morgan fingerprint density at radius 2 is 0.712 bits per heavy atom. The maximum atomic E-state index is 2.43. The summed E-state index contributed by atoms with van der Waals surface area (Å²) in [5.74, 6) is 0. The van der Waals surface area contributed by atoms with E-state index in [1.807, 2.05) is 0 Å². The summed E-state index contributed by atoms with van der Waals surface area (Å²) in [6, 6.07) is 74.7. The summed E-state index contributed by atoms with van der Waals surface area (Å²) in [6.07, 6.45) is 0. The largest absolute Gasteiger partial charge is 0.310 e. The van der Waals surface area contributed by atoms with Crippen LogP contribution in [0.15, 0.2) is 206 Å². The van der Waals surface area contributed by atoms with Gasteiger partial charge < -0.3 is 9.80 Å². The predicted molar refractivity (Wildman–Crippen MR) is 223 cm³/mol. The molecule has 0 amide bonds. The predicted octanol–water partition coefficient (Wildman–Crippen LogP) is 14.4. The number of rotatable bonds is 6. The van der Waals surface area contributed by atoms with Gasteiger partial charge in [-0.15, -0.1) is 0 Å². The number of para-hydroxylation sites is 2. The number of anilines is 6. The van der Waals surface area contributed by atoms with Crippen molar-refractivity contribution in [2.45, 2.75) is 0 Å². The molecule has 10 rings (SSSR count). The van der Waals surface area contributed by atoms with E-state index in [1.165, 1.54) is 53.9 Å². The van der Waals surface area contributed by atoms with Crippen LogP contribution in [0.5, 0.6) is 0 Å². The van der Waals surface area contributed by atoms with Crippen molar-refractivity contribution in [1.29, 1.82) is 0 Å². The lowest BCUT2D eigenvalue weighted by Gasteiger charge is -2.29. The molecule has 0 aromatic heterocycles. The van der Waals surface area contributed by atoms with Gasteiger partial charge >= 0.3 is 0 Å². The molecule has 244 valence electrons. The summed E-state index contributed by atoms with van der Waals surface area (Å²) in [5.41, 5.74) is 6.87. The average molecular weight is 663 g/mol. The molecule has 52 heavy (non-hydrogen) atoms. The van der Waals surface area contributed by atoms with Gasteiger partial charge in [-0.25, -0.2) is 0 Å². The first-order valence-electron chi connectivity index (χ1n) is 17.9. The summed E-state index contributed by atoms with van der Waals surface area (Å²) in [4.78, 5) is 4.81. The van der Waals surface area contributed by atoms with Crippen molar-refractivity contribution in [1.82, 2.24) is 0 Å². The Balaban J connectivity index is 1.19. The molecule has 0 fully saturated rings. The van der Waals surface area contributed by atoms with Gasteiger partial charge in [-0.1, -0.05) is 152 Å². The van der Waals surface area contributed by atoms with E-state index in [2.05, 4.69) is 216 Å². The standard InChI is InChI=1S/C50H34N2/c1-3-19-39(20-4-1)51(47-25-11-16-35-14-7-9-23-43(35)47)41-30-33-42-38(34-41)29-32-46-45(42)31-28-37-18-13-27-49(50(37)46)52(40-21-5-2-6-22-40)48-26-12-17-36-15-8-10-24-44(36)48/h1-34H. The molecule has 0 radical (unpaired) electrons. The minimum atomic E-state index is 1.13. The highest BCUT2D eigenvalue weighted by Gasteiger charge is 2.20. The van der Waals surface area contributed by atoms with Gasteiger partial charge in [-0.05, 0) is 92.3 Å². The highest BCUT2D eigenvalue weighted by molar-refractivity contribution is 6.22. The molecule has 2 heteroatoms. The van der Waals surface area contributed by atoms with Gasteiger partial charge in [-0.3, -0.25) is 0 Å². The van der Waals surface area contributed by atoms with E-state index < -0.39 is 0 Å². The van der Waals surface area contributed by atoms with E-state index in [4.69, 9.17) is 0 Å². The minimum absolute atomic E-state index is 1.13. The molecular weight excluding hydrogens is 629 g/mol. The quantitative estimate of drug-likeness (QED) is 0.164. The highest BCUT2D eigenvalue weighted by atomic mass is 15.1. The lowest BCUT2D eigenvalue weighted by atomic mass is 9.95. The third-order valence-electron chi connectivity index (χ3n) is 10.4. The van der Waals surface area contributed by atoms with E-state index >= 15 is 0 Å². The Morgan fingerprint density at radius 3 is 1.38 bits per heavy atom. The molecule has 0 aliphatic heterocycles. The number of hydrogen-bond donors (Lipinski definition) is 0. The second-order valence-corrected chi connectivity index (χ2v) is 13.3. The van der Waals surface area contributed by atoms with Crippen LogP contribution in [0.1, 0.15) is 0 Å². The molecule has 10 aromatic rings. The van der Waals surface area contributed by atoms with Crippen molar-refractivity contribution in [3.05, 3.63) is 206 Å². The van der Waals surface area contributed by atoms with Crippen LogP contribution in [-0.2, 0) is 0 Å². The molecule has 0 aliphatic rings. The van der Waals surface area contributed by atoms with Crippen LogP contribution in [0.2, 0.25) is 0 Å². The molecule has 0 saturated carbocycles. The van der Waals surface area contributed by atoms with E-state index in [-0.39, 0.29) is 0 Å². The van der Waals surface area contributed by atoms with Crippen molar-refractivity contribution in [3.63, 3.8) is 0 Å². The normalized spacial score (nSPS) is 11.5. The van der Waals surface area contributed by atoms with Gasteiger partial charge in [-0.2, -0.15) is 0 Å². The number of hydrogen-bond acceptors (Lipinski definition) is 2. The molecule has 0 N–H and O–H groups in total. The first-order valence-corrected chi connectivity index (χ1v) is 17.9. The fourth-order valence-electron chi connectivity index (χ4n) is 8.02. The molecular formula is C50H34N2. The Morgan fingerprint density at radius 1 is 0.231 bits per heavy atom. The monoisotopic (exact) mass is 662 g/mol. The molecule has 2 nitrogen and oxygen atoms in total. The third kappa shape index (κ3) is 4.96. The second-order valence-electron chi connectivity index (χ2n) is 13.3. The first-order chi connectivity index (χ1) is 25.8. The maximum absolute atomic E-state index is 2.43. The Labute approximate surface area is 303 Å². The van der Waals surface area contributed by atoms with E-state index in [9.17, 15) is 0 Å². The van der Waals surface area contributed by atoms with Crippen molar-refractivity contribution < 1.29 is 0 Å². The lowest BCUT2D eigenvalue weighted by molar-refractivity contribution is 1.30. The topological polar surface area (TPSA) is 6.48 Å². The van der Waals surface area contributed by atoms with Crippen LogP contribution < -0.4 is 9.80 Å². The van der Waals surface area contributed by atoms with Crippen LogP contribution >= 0.6 is 0 Å². The lowest BCUT2D eigenvalue weighted by Crippen LogP contribution is -2.11. The van der Waals surface area contributed by atoms with Gasteiger partial charge in [0.15, 0.2) is 0 Å². The summed E-state index contributed by atoms with van der Waals surface area (Å²) in [7, 11) is 0. The Bertz CT molecular complexity index is 2900. The zero-order valence-corrected chi connectivity index (χ0v) is 28.5. The van der Waals surface area contributed by atoms with Crippen molar-refractivity contribution >= 4 is 88.0 Å². The zero-order valence-electron chi connectivity index (χ0n) is 28.5. The van der Waals surface area contributed by atoms with E-state index in [0.717, 1.165) is 34.1 Å². The summed E-state index contributed by atoms with van der Waals surface area (Å²) in [6.45, 7) is 0. The molecule has 0 spiro atoms. The summed E-state index contributed by atoms with van der Waals surface area (Å²) < 4.78 is 0. The molecule has 0 aliphatic carbocycles. The van der Waals surface area contributed by atoms with Gasteiger partial charge in [0.2, 0.25) is 0 Å². The number of benzene rings is 10. The molecule has 10 aromatic carbocycles. The fraction of sp³-hybridized carbons (Fsp3) is 0. The van der Waals surface area contributed by atoms with Gasteiger partial charge in [0.1, 0.15) is 0 Å². The van der Waals surface area contributed by atoms with Gasteiger partial charge in [0.05, 0.1) is 17.1 Å². The molecule has 0 bridgehead atoms. The highest BCUT2D eigenvalue weighted by Crippen LogP contribution is 2.46. The SMILES string of the molecule is c1ccc(N(c2ccc3c(ccc4c3ccc3cccc(N(c5ccccc5)c5cccc6ccccc56)c34)c2)c2cccc3ccccc23)cc1. The van der Waals surface area contributed by atoms with Gasteiger partial charge in [0, 0.05) is 33.2 Å². The van der Waals surface area contributed by atoms with Crippen LogP contribution in [0, 0.1) is 0 Å². The van der Waals surface area contributed by atoms with Crippen LogP contribution in [-0.4, -0.2) is 0 Å². The molecule has 0 saturated heterocycles. The molecule has 0 unspecified atom stereocenters. The van der Waals surface area contributed by atoms with Crippen LogP contribution in [0.3, 0.4) is 0 Å². The van der Waals surface area contributed by atoms with Crippen LogP contribution in [0.25, 0.3) is 53.9 Å². The van der Waals surface area contributed by atoms with E-state index in [1.54, 1.807) is 0 Å². The molecule has 0 heterocycles. The van der Waals surface area contributed by atoms with E-state index in [0.29, 0.717) is 0 Å². The molecule has 0 atom stereocenters. The number of fused-ring (bicyclic) bond motifs is 7. The zero-order chi connectivity index (χ0) is 34.4. The Hall–Kier alpha value is -6.90. The maximum Gasteiger partial charge on any atom is 0.0546 e. The minimum Gasteiger partial charge on any atom is -0.310 e. The van der Waals surface area contributed by atoms with Crippen molar-refractivity contribution in [3.8, 4) is 0 Å². The smallest absolute Gasteiger partial charge is 0.0546 e. The number of nitrogens with zero attached hydrogens (tertiary/aromatic N) is 2.